The van der Waals surface area contributed by atoms with Gasteiger partial charge in [-0.3, -0.25) is 9.78 Å². The van der Waals surface area contributed by atoms with Crippen molar-refractivity contribution in [3.8, 4) is 11.3 Å². The summed E-state index contributed by atoms with van der Waals surface area (Å²) in [6.07, 6.45) is 5.31. The van der Waals surface area contributed by atoms with Crippen LogP contribution in [0.4, 0.5) is 21.2 Å². The van der Waals surface area contributed by atoms with Crippen LogP contribution in [-0.2, 0) is 0 Å². The van der Waals surface area contributed by atoms with Crippen molar-refractivity contribution < 1.29 is 20.3 Å². The highest BCUT2D eigenvalue weighted by molar-refractivity contribution is 8.36. The highest BCUT2D eigenvalue weighted by Gasteiger charge is 2.40. The fraction of sp³-hybridized carbons (Fsp3) is 0.0455. The first kappa shape index (κ1) is 25.8. The molecule has 0 aliphatic rings. The van der Waals surface area contributed by atoms with Crippen LogP contribution in [0, 0.1) is 0 Å². The summed E-state index contributed by atoms with van der Waals surface area (Å²) in [7, 11) is -8.11. The maximum absolute atomic E-state index is 13.2. The predicted octanol–water partition coefficient (Wildman–Crippen LogP) is 6.73. The maximum atomic E-state index is 13.2. The number of hydrogen-bond donors (Lipinski definition) is 2. The summed E-state index contributed by atoms with van der Waals surface area (Å²) in [5.74, 6) is -0.751. The number of hydrogen-bond acceptors (Lipinski definition) is 5. The van der Waals surface area contributed by atoms with Gasteiger partial charge in [0.15, 0.2) is 10.7 Å². The Morgan fingerprint density at radius 1 is 1.18 bits per heavy atom. The molecule has 2 rings (SSSR count). The molecule has 33 heavy (non-hydrogen) atoms. The van der Waals surface area contributed by atoms with Crippen molar-refractivity contribution in [3.05, 3.63) is 102 Å². The molecule has 2 aromatic rings. The lowest BCUT2D eigenvalue weighted by atomic mass is 10.2. The first-order valence-electron chi connectivity index (χ1n) is 9.28. The van der Waals surface area contributed by atoms with E-state index in [1.54, 1.807) is 36.7 Å². The summed E-state index contributed by atoms with van der Waals surface area (Å²) in [4.78, 5) is 20.9. The van der Waals surface area contributed by atoms with Gasteiger partial charge < -0.3 is 10.6 Å². The van der Waals surface area contributed by atoms with Gasteiger partial charge in [0.25, 0.3) is 5.91 Å². The van der Waals surface area contributed by atoms with Gasteiger partial charge in [-0.25, -0.2) is 4.98 Å². The molecule has 0 aliphatic heterocycles. The number of rotatable bonds is 8. The molecule has 0 spiro atoms. The summed E-state index contributed by atoms with van der Waals surface area (Å²) in [6, 6.07) is 8.26. The molecule has 0 atom stereocenters. The molecule has 176 valence electrons. The van der Waals surface area contributed by atoms with Gasteiger partial charge in [-0.15, -0.1) is 33.5 Å². The first-order valence-corrected chi connectivity index (χ1v) is 12.0. The van der Waals surface area contributed by atoms with E-state index < -0.39 is 27.2 Å². The Labute approximate surface area is 194 Å². The molecule has 2 aromatic heterocycles. The van der Waals surface area contributed by atoms with E-state index in [9.17, 15) is 20.3 Å². The molecule has 0 aromatic carbocycles. The van der Waals surface area contributed by atoms with Crippen LogP contribution in [0.25, 0.3) is 11.3 Å². The molecule has 11 heteroatoms. The molecular formula is C22H22F4N4OS2. The largest absolute Gasteiger partial charge is 0.397 e. The fourth-order valence-corrected chi connectivity index (χ4v) is 3.86. The first-order chi connectivity index (χ1) is 15.4. The van der Waals surface area contributed by atoms with Gasteiger partial charge in [-0.05, 0) is 36.4 Å². The van der Waals surface area contributed by atoms with Crippen LogP contribution in [0.1, 0.15) is 9.67 Å². The van der Waals surface area contributed by atoms with E-state index in [1.165, 1.54) is 17.7 Å². The van der Waals surface area contributed by atoms with Gasteiger partial charge >= 0.3 is 0 Å². The normalized spacial score (nSPS) is 12.6. The lowest BCUT2D eigenvalue weighted by Gasteiger charge is -2.31. The van der Waals surface area contributed by atoms with Gasteiger partial charge in [0.2, 0.25) is 0 Å². The third kappa shape index (κ3) is 7.02. The lowest BCUT2D eigenvalue weighted by molar-refractivity contribution is 0.0830. The number of aromatic nitrogens is 2. The molecule has 0 unspecified atom stereocenters. The quantitative estimate of drug-likeness (QED) is 0.183. The zero-order valence-electron chi connectivity index (χ0n) is 17.4. The fourth-order valence-electron chi connectivity index (χ4n) is 2.55. The zero-order chi connectivity index (χ0) is 24.7. The van der Waals surface area contributed by atoms with Crippen LogP contribution in [0.2, 0.25) is 0 Å². The van der Waals surface area contributed by atoms with E-state index >= 15 is 0 Å². The number of carbonyl (C=O) groups excluding carboxylic acids is 1. The van der Waals surface area contributed by atoms with Gasteiger partial charge in [0.05, 0.1) is 21.8 Å². The molecule has 0 saturated carbocycles. The smallest absolute Gasteiger partial charge is 0.270 e. The molecule has 2 N–H and O–H groups in total. The maximum Gasteiger partial charge on any atom is 0.270 e. The van der Waals surface area contributed by atoms with Crippen LogP contribution in [0.15, 0.2) is 96.8 Å². The minimum absolute atomic E-state index is 0.00845. The van der Waals surface area contributed by atoms with Gasteiger partial charge in [-0.1, -0.05) is 25.3 Å². The van der Waals surface area contributed by atoms with E-state index in [2.05, 4.69) is 29.7 Å². The number of pyridine rings is 1. The van der Waals surface area contributed by atoms with Crippen molar-refractivity contribution in [3.63, 3.8) is 0 Å². The Morgan fingerprint density at radius 2 is 1.91 bits per heavy atom. The number of nitrogens with two attached hydrogens (primary N) is 1. The van der Waals surface area contributed by atoms with Crippen molar-refractivity contribution >= 4 is 33.6 Å². The minimum Gasteiger partial charge on any atom is -0.397 e. The lowest BCUT2D eigenvalue weighted by Crippen LogP contribution is -2.29. The van der Waals surface area contributed by atoms with Crippen molar-refractivity contribution in [2.75, 3.05) is 12.3 Å². The topological polar surface area (TPSA) is 72.1 Å². The Kier molecular flexibility index (Phi) is 8.18. The van der Waals surface area contributed by atoms with Gasteiger partial charge in [-0.2, -0.15) is 0 Å². The van der Waals surface area contributed by atoms with Crippen LogP contribution in [0.5, 0.6) is 0 Å². The average molecular weight is 499 g/mol. The van der Waals surface area contributed by atoms with Gasteiger partial charge in [0, 0.05) is 30.2 Å². The van der Waals surface area contributed by atoms with Gasteiger partial charge in [0.1, 0.15) is 4.88 Å². The van der Waals surface area contributed by atoms with Crippen LogP contribution in [-0.4, -0.2) is 27.3 Å². The number of thiol groups is 1. The van der Waals surface area contributed by atoms with Crippen LogP contribution >= 0.6 is 22.0 Å². The standard InChI is InChI=1S/C22H22F4N4OS2/c1-4-12-30(16(3)13-18(5-2)33(23,24,25)26)22(31)21-19(27)9-6-10-20(29-15-32-21)17-8-7-11-28-14-17/h4-11,13-15,33H,1-3,12,27H2/b9-6?,18-13+,20-10?,21-19?,29-15?. The number of halogens is 4. The molecule has 5 nitrogen and oxygen atoms in total. The Balaban J connectivity index is 2.52. The highest BCUT2D eigenvalue weighted by atomic mass is 32.4. The number of anilines is 1. The van der Waals surface area contributed by atoms with Crippen molar-refractivity contribution in [1.29, 1.82) is 0 Å². The minimum atomic E-state index is -8.11. The molecule has 0 aliphatic carbocycles. The second-order valence-corrected chi connectivity index (χ2v) is 9.29. The summed E-state index contributed by atoms with van der Waals surface area (Å²) in [5, 5.41) is 0. The summed E-state index contributed by atoms with van der Waals surface area (Å²) >= 11 is 0.881. The van der Waals surface area contributed by atoms with E-state index in [-0.39, 0.29) is 17.1 Å². The predicted molar refractivity (Wildman–Crippen MR) is 129 cm³/mol. The molecule has 1 amide bonds. The Bertz CT molecular complexity index is 1150. The van der Waals surface area contributed by atoms with E-state index in [0.717, 1.165) is 21.8 Å². The highest BCUT2D eigenvalue weighted by Crippen LogP contribution is 2.82. The van der Waals surface area contributed by atoms with Crippen molar-refractivity contribution in [2.45, 2.75) is 0 Å². The molecule has 2 heterocycles. The summed E-state index contributed by atoms with van der Waals surface area (Å²) in [5.41, 5.74) is 8.38. The van der Waals surface area contributed by atoms with Crippen molar-refractivity contribution in [1.82, 2.24) is 14.9 Å². The zero-order valence-corrected chi connectivity index (χ0v) is 19.1. The molecular weight excluding hydrogens is 476 g/mol. The van der Waals surface area contributed by atoms with E-state index in [0.29, 0.717) is 17.8 Å². The van der Waals surface area contributed by atoms with Crippen LogP contribution < -0.4 is 5.73 Å². The number of carbonyl (C=O) groups is 1. The summed E-state index contributed by atoms with van der Waals surface area (Å²) in [6.45, 7) is 9.84. The number of allylic oxidation sites excluding steroid dienone is 2. The number of nitrogens with zero attached hydrogens (tertiary/aromatic N) is 3. The number of amides is 1. The van der Waals surface area contributed by atoms with E-state index in [4.69, 9.17) is 5.73 Å². The second-order valence-electron chi connectivity index (χ2n) is 6.48. The molecule has 0 radical (unpaired) electrons. The SMILES string of the molecule is C=CCN(C(=C)/C=C(\C=C)[SH](F)(F)(F)F)C(=O)c1scnc(-c2cccnc2)cccc1N. The number of nitrogen functional groups attached to an aromatic ring is 1. The third-order valence-corrected chi connectivity index (χ3v) is 6.07. The third-order valence-electron chi connectivity index (χ3n) is 4.12. The second kappa shape index (κ2) is 10.5. The molecule has 0 fully saturated rings. The summed E-state index contributed by atoms with van der Waals surface area (Å²) < 4.78 is 53.0. The average Bonchev–Trinajstić information content (AvgIpc) is 2.84. The Hall–Kier alpha value is -3.44. The van der Waals surface area contributed by atoms with Crippen molar-refractivity contribution in [2.24, 2.45) is 0 Å². The van der Waals surface area contributed by atoms with E-state index in [1.807, 2.05) is 0 Å². The molecule has 0 saturated heterocycles. The monoisotopic (exact) mass is 498 g/mol. The van der Waals surface area contributed by atoms with Crippen LogP contribution in [0.3, 0.4) is 0 Å². The molecule has 0 bridgehead atoms. The Morgan fingerprint density at radius 3 is 2.48 bits per heavy atom.